The number of hydrogen-bond donors (Lipinski definition) is 0. The maximum atomic E-state index is 13.5. The molecule has 0 aliphatic rings. The summed E-state index contributed by atoms with van der Waals surface area (Å²) >= 11 is 0. The van der Waals surface area contributed by atoms with Crippen molar-refractivity contribution in [1.82, 2.24) is 14.5 Å². The molecule has 0 amide bonds. The Bertz CT molecular complexity index is 1330. The molecular formula is C24H17N5O. The molecule has 0 saturated heterocycles. The molecule has 0 aliphatic carbocycles. The Morgan fingerprint density at radius 1 is 1.00 bits per heavy atom. The summed E-state index contributed by atoms with van der Waals surface area (Å²) in [6, 6.07) is 20.1. The minimum Gasteiger partial charge on any atom is -0.283 e. The molecule has 144 valence electrons. The van der Waals surface area contributed by atoms with E-state index >= 15 is 0 Å². The van der Waals surface area contributed by atoms with Crippen molar-refractivity contribution in [2.24, 2.45) is 4.99 Å². The van der Waals surface area contributed by atoms with Crippen LogP contribution in [0.5, 0.6) is 0 Å². The third-order valence-electron chi connectivity index (χ3n) is 4.56. The number of benzene rings is 2. The first-order valence-corrected chi connectivity index (χ1v) is 9.34. The first-order chi connectivity index (χ1) is 14.7. The van der Waals surface area contributed by atoms with Gasteiger partial charge in [0.05, 0.1) is 23.0 Å². The number of hydrogen-bond acceptors (Lipinski definition) is 5. The van der Waals surface area contributed by atoms with E-state index in [1.807, 2.05) is 37.3 Å². The Kier molecular flexibility index (Phi) is 5.27. The van der Waals surface area contributed by atoms with Crippen molar-refractivity contribution in [3.05, 3.63) is 95.2 Å². The number of rotatable bonds is 4. The number of pyridine rings is 1. The average Bonchev–Trinajstić information content (AvgIpc) is 2.80. The van der Waals surface area contributed by atoms with E-state index in [1.165, 1.54) is 0 Å². The lowest BCUT2D eigenvalue weighted by molar-refractivity contribution is 0.989. The van der Waals surface area contributed by atoms with Crippen LogP contribution < -0.4 is 5.56 Å². The molecule has 2 aromatic heterocycles. The van der Waals surface area contributed by atoms with Gasteiger partial charge in [-0.1, -0.05) is 24.3 Å². The van der Waals surface area contributed by atoms with Gasteiger partial charge in [-0.2, -0.15) is 5.26 Å². The maximum Gasteiger partial charge on any atom is 0.263 e. The SMILES string of the molecule is CC=Nc1cccc(-n2cc(-c3ncccn3)cc(-c3ccccc3C#N)c2=O)c1. The number of aromatic nitrogens is 3. The fraction of sp³-hybridized carbons (Fsp3) is 0.0417. The second-order valence-corrected chi connectivity index (χ2v) is 6.45. The van der Waals surface area contributed by atoms with Gasteiger partial charge in [-0.15, -0.1) is 0 Å². The van der Waals surface area contributed by atoms with Crippen molar-refractivity contribution in [3.8, 4) is 34.3 Å². The van der Waals surface area contributed by atoms with Gasteiger partial charge in [-0.3, -0.25) is 14.4 Å². The number of nitrogens with zero attached hydrogens (tertiary/aromatic N) is 5. The molecule has 0 saturated carbocycles. The van der Waals surface area contributed by atoms with E-state index in [4.69, 9.17) is 0 Å². The van der Waals surface area contributed by atoms with E-state index in [9.17, 15) is 10.1 Å². The van der Waals surface area contributed by atoms with Crippen molar-refractivity contribution in [2.75, 3.05) is 0 Å². The summed E-state index contributed by atoms with van der Waals surface area (Å²) < 4.78 is 1.55. The molecule has 0 spiro atoms. The van der Waals surface area contributed by atoms with E-state index in [0.717, 1.165) is 5.69 Å². The van der Waals surface area contributed by atoms with Crippen LogP contribution in [0, 0.1) is 11.3 Å². The van der Waals surface area contributed by atoms with E-state index in [0.29, 0.717) is 33.8 Å². The van der Waals surface area contributed by atoms with Gasteiger partial charge >= 0.3 is 0 Å². The maximum absolute atomic E-state index is 13.5. The Balaban J connectivity index is 2.02. The quantitative estimate of drug-likeness (QED) is 0.478. The molecule has 0 fully saturated rings. The van der Waals surface area contributed by atoms with Crippen LogP contribution in [0.2, 0.25) is 0 Å². The fourth-order valence-electron chi connectivity index (χ4n) is 3.22. The molecular weight excluding hydrogens is 374 g/mol. The van der Waals surface area contributed by atoms with E-state index in [2.05, 4.69) is 21.0 Å². The summed E-state index contributed by atoms with van der Waals surface area (Å²) in [5.41, 5.74) is 3.23. The topological polar surface area (TPSA) is 83.9 Å². The summed E-state index contributed by atoms with van der Waals surface area (Å²) in [5.74, 6) is 0.490. The molecule has 0 atom stereocenters. The molecule has 30 heavy (non-hydrogen) atoms. The van der Waals surface area contributed by atoms with Crippen molar-refractivity contribution in [1.29, 1.82) is 5.26 Å². The highest BCUT2D eigenvalue weighted by Crippen LogP contribution is 2.26. The van der Waals surface area contributed by atoms with Gasteiger partial charge in [0.2, 0.25) is 0 Å². The first kappa shape index (κ1) is 19.0. The average molecular weight is 391 g/mol. The largest absolute Gasteiger partial charge is 0.283 e. The van der Waals surface area contributed by atoms with E-state index in [-0.39, 0.29) is 5.56 Å². The zero-order valence-corrected chi connectivity index (χ0v) is 16.2. The minimum absolute atomic E-state index is 0.241. The van der Waals surface area contributed by atoms with Gasteiger partial charge in [0.15, 0.2) is 5.82 Å². The van der Waals surface area contributed by atoms with Crippen LogP contribution in [0.1, 0.15) is 12.5 Å². The van der Waals surface area contributed by atoms with Crippen molar-refractivity contribution < 1.29 is 0 Å². The van der Waals surface area contributed by atoms with Gasteiger partial charge in [0.1, 0.15) is 0 Å². The Morgan fingerprint density at radius 2 is 1.80 bits per heavy atom. The van der Waals surface area contributed by atoms with Gasteiger partial charge in [0.25, 0.3) is 5.56 Å². The molecule has 6 heteroatoms. The lowest BCUT2D eigenvalue weighted by Gasteiger charge is -2.13. The fourth-order valence-corrected chi connectivity index (χ4v) is 3.22. The van der Waals surface area contributed by atoms with Crippen LogP contribution >= 0.6 is 0 Å². The first-order valence-electron chi connectivity index (χ1n) is 9.34. The van der Waals surface area contributed by atoms with Crippen LogP contribution in [0.25, 0.3) is 28.2 Å². The van der Waals surface area contributed by atoms with E-state index in [1.54, 1.807) is 59.7 Å². The van der Waals surface area contributed by atoms with E-state index < -0.39 is 0 Å². The third kappa shape index (κ3) is 3.64. The third-order valence-corrected chi connectivity index (χ3v) is 4.56. The van der Waals surface area contributed by atoms with Gasteiger partial charge in [-0.25, -0.2) is 9.97 Å². The van der Waals surface area contributed by atoms with Gasteiger partial charge in [0, 0.05) is 41.5 Å². The summed E-state index contributed by atoms with van der Waals surface area (Å²) in [6.45, 7) is 1.84. The monoisotopic (exact) mass is 391 g/mol. The van der Waals surface area contributed by atoms with Gasteiger partial charge < -0.3 is 0 Å². The molecule has 6 nitrogen and oxygen atoms in total. The van der Waals surface area contributed by atoms with Crippen LogP contribution in [0.4, 0.5) is 5.69 Å². The van der Waals surface area contributed by atoms with Crippen molar-refractivity contribution >= 4 is 11.9 Å². The molecule has 4 rings (SSSR count). The zero-order chi connectivity index (χ0) is 20.9. The molecule has 0 aliphatic heterocycles. The molecule has 0 N–H and O–H groups in total. The second kappa shape index (κ2) is 8.33. The van der Waals surface area contributed by atoms with Crippen LogP contribution in [0.3, 0.4) is 0 Å². The van der Waals surface area contributed by atoms with Crippen LogP contribution in [-0.4, -0.2) is 20.7 Å². The van der Waals surface area contributed by atoms with Crippen molar-refractivity contribution in [3.63, 3.8) is 0 Å². The minimum atomic E-state index is -0.241. The Morgan fingerprint density at radius 3 is 2.57 bits per heavy atom. The number of nitriles is 1. The lowest BCUT2D eigenvalue weighted by atomic mass is 10.00. The van der Waals surface area contributed by atoms with Crippen LogP contribution in [0.15, 0.2) is 89.0 Å². The predicted octanol–water partition coefficient (Wildman–Crippen LogP) is 4.56. The predicted molar refractivity (Wildman–Crippen MR) is 117 cm³/mol. The normalized spacial score (nSPS) is 10.8. The molecule has 0 bridgehead atoms. The second-order valence-electron chi connectivity index (χ2n) is 6.45. The summed E-state index contributed by atoms with van der Waals surface area (Å²) in [5, 5.41) is 9.54. The standard InChI is InChI=1S/C24H17N5O/c1-2-26-19-8-5-9-20(14-19)29-16-18(23-27-11-6-12-28-23)13-22(24(29)30)21-10-4-3-7-17(21)15-25/h2-14,16H,1H3. The highest BCUT2D eigenvalue weighted by atomic mass is 16.1. The molecule has 4 aromatic rings. The molecule has 2 heterocycles. The molecule has 2 aromatic carbocycles. The molecule has 0 radical (unpaired) electrons. The smallest absolute Gasteiger partial charge is 0.263 e. The highest BCUT2D eigenvalue weighted by molar-refractivity contribution is 5.74. The van der Waals surface area contributed by atoms with Gasteiger partial charge in [-0.05, 0) is 43.3 Å². The highest BCUT2D eigenvalue weighted by Gasteiger charge is 2.15. The number of aliphatic imine (C=N–C) groups is 1. The lowest BCUT2D eigenvalue weighted by Crippen LogP contribution is -2.20. The Hall–Kier alpha value is -4.37. The molecule has 0 unspecified atom stereocenters. The zero-order valence-electron chi connectivity index (χ0n) is 16.2. The Labute approximate surface area is 173 Å². The van der Waals surface area contributed by atoms with Crippen molar-refractivity contribution in [2.45, 2.75) is 6.92 Å². The summed E-state index contributed by atoms with van der Waals surface area (Å²) in [4.78, 5) is 26.4. The van der Waals surface area contributed by atoms with Crippen LogP contribution in [-0.2, 0) is 0 Å². The summed E-state index contributed by atoms with van der Waals surface area (Å²) in [7, 11) is 0. The summed E-state index contributed by atoms with van der Waals surface area (Å²) in [6.07, 6.45) is 6.71.